The quantitative estimate of drug-likeness (QED) is 0.873. The number of ether oxygens (including phenoxy) is 1. The van der Waals surface area contributed by atoms with E-state index in [1.807, 2.05) is 6.92 Å². The van der Waals surface area contributed by atoms with Crippen molar-refractivity contribution in [2.24, 2.45) is 5.92 Å². The molecule has 1 aromatic carbocycles. The maximum absolute atomic E-state index is 12.4. The number of nitrogens with one attached hydrogen (secondary N) is 1. The number of carboxylic acids is 1. The molecule has 0 spiro atoms. The van der Waals surface area contributed by atoms with Crippen LogP contribution in [0.25, 0.3) is 0 Å². The Morgan fingerprint density at radius 2 is 2.09 bits per heavy atom. The number of hydrogen-bond acceptors (Lipinski definition) is 3. The summed E-state index contributed by atoms with van der Waals surface area (Å²) in [4.78, 5) is 23.5. The van der Waals surface area contributed by atoms with Gasteiger partial charge in [0.05, 0.1) is 18.6 Å². The monoisotopic (exact) mass is 325 g/mol. The molecule has 0 aliphatic carbocycles. The molecule has 1 aromatic rings. The van der Waals surface area contributed by atoms with E-state index in [-0.39, 0.29) is 24.3 Å². The van der Waals surface area contributed by atoms with Gasteiger partial charge < -0.3 is 15.2 Å². The minimum atomic E-state index is -0.958. The molecule has 5 nitrogen and oxygen atoms in total. The predicted octanol–water partition coefficient (Wildman–Crippen LogP) is 2.79. The van der Waals surface area contributed by atoms with Crippen LogP contribution in [0.3, 0.4) is 0 Å². The van der Waals surface area contributed by atoms with Gasteiger partial charge in [-0.3, -0.25) is 9.59 Å². The van der Waals surface area contributed by atoms with E-state index in [0.717, 1.165) is 5.56 Å². The van der Waals surface area contributed by atoms with Gasteiger partial charge in [0.2, 0.25) is 5.91 Å². The summed E-state index contributed by atoms with van der Waals surface area (Å²) in [6.45, 7) is 2.50. The van der Waals surface area contributed by atoms with Crippen LogP contribution in [0.1, 0.15) is 37.8 Å². The highest BCUT2D eigenvalue weighted by molar-refractivity contribution is 6.30. The van der Waals surface area contributed by atoms with Crippen molar-refractivity contribution in [3.05, 3.63) is 34.9 Å². The summed E-state index contributed by atoms with van der Waals surface area (Å²) in [6.07, 6.45) is 1.22. The number of amides is 1. The zero-order valence-corrected chi connectivity index (χ0v) is 13.2. The summed E-state index contributed by atoms with van der Waals surface area (Å²) in [7, 11) is 0. The van der Waals surface area contributed by atoms with Crippen molar-refractivity contribution in [2.75, 3.05) is 6.61 Å². The highest BCUT2D eigenvalue weighted by Gasteiger charge is 2.28. The topological polar surface area (TPSA) is 75.6 Å². The number of aliphatic carboxylic acids is 1. The predicted molar refractivity (Wildman–Crippen MR) is 82.7 cm³/mol. The highest BCUT2D eigenvalue weighted by Crippen LogP contribution is 2.24. The van der Waals surface area contributed by atoms with Gasteiger partial charge >= 0.3 is 5.97 Å². The number of benzene rings is 1. The van der Waals surface area contributed by atoms with E-state index in [1.54, 1.807) is 24.3 Å². The Morgan fingerprint density at radius 1 is 1.41 bits per heavy atom. The fourth-order valence-corrected chi connectivity index (χ4v) is 2.77. The second kappa shape index (κ2) is 7.61. The molecule has 120 valence electrons. The average molecular weight is 326 g/mol. The summed E-state index contributed by atoms with van der Waals surface area (Å²) < 4.78 is 5.44. The van der Waals surface area contributed by atoms with Crippen LogP contribution < -0.4 is 5.32 Å². The lowest BCUT2D eigenvalue weighted by Gasteiger charge is -2.28. The van der Waals surface area contributed by atoms with E-state index >= 15 is 0 Å². The molecule has 2 rings (SSSR count). The van der Waals surface area contributed by atoms with Crippen LogP contribution >= 0.6 is 11.6 Å². The van der Waals surface area contributed by atoms with Crippen LogP contribution in [0.5, 0.6) is 0 Å². The molecule has 1 heterocycles. The Bertz CT molecular complexity index is 531. The van der Waals surface area contributed by atoms with Gasteiger partial charge in [-0.15, -0.1) is 0 Å². The van der Waals surface area contributed by atoms with Crippen molar-refractivity contribution in [1.29, 1.82) is 0 Å². The Labute approximate surface area is 134 Å². The Morgan fingerprint density at radius 3 is 2.68 bits per heavy atom. The van der Waals surface area contributed by atoms with Crippen molar-refractivity contribution < 1.29 is 19.4 Å². The molecule has 0 bridgehead atoms. The number of carboxylic acid groups (broad SMARTS) is 1. The Kier molecular flexibility index (Phi) is 5.80. The fraction of sp³-hybridized carbons (Fsp3) is 0.500. The molecule has 0 saturated carbocycles. The zero-order chi connectivity index (χ0) is 16.1. The van der Waals surface area contributed by atoms with Crippen LogP contribution in [0.2, 0.25) is 5.02 Å². The summed E-state index contributed by atoms with van der Waals surface area (Å²) in [6, 6.07) is 6.30. The lowest BCUT2D eigenvalue weighted by molar-refractivity contribution is -0.138. The molecule has 0 radical (unpaired) electrons. The number of halogens is 1. The van der Waals surface area contributed by atoms with Crippen LogP contribution in [0, 0.1) is 5.92 Å². The third-order valence-electron chi connectivity index (χ3n) is 3.82. The molecular formula is C16H20ClNO4. The summed E-state index contributed by atoms with van der Waals surface area (Å²) >= 11 is 5.85. The maximum atomic E-state index is 12.4. The van der Waals surface area contributed by atoms with Gasteiger partial charge in [0.1, 0.15) is 0 Å². The lowest BCUT2D eigenvalue weighted by atomic mass is 9.94. The first-order valence-corrected chi connectivity index (χ1v) is 7.72. The van der Waals surface area contributed by atoms with Crippen molar-refractivity contribution in [3.63, 3.8) is 0 Å². The minimum absolute atomic E-state index is 0.0537. The summed E-state index contributed by atoms with van der Waals surface area (Å²) in [5.41, 5.74) is 0.736. The standard InChI is InChI=1S/C16H20ClNO4/c1-10-8-12(6-7-22-10)16(21)18-14(9-15(19)20)11-2-4-13(17)5-3-11/h2-5,10,12,14H,6-9H2,1H3,(H,18,21)(H,19,20)/t10?,12?,14-/m0/s1. The first-order chi connectivity index (χ1) is 10.5. The number of hydrogen-bond donors (Lipinski definition) is 2. The minimum Gasteiger partial charge on any atom is -0.481 e. The number of carbonyl (C=O) groups excluding carboxylic acids is 1. The zero-order valence-electron chi connectivity index (χ0n) is 12.4. The lowest BCUT2D eigenvalue weighted by Crippen LogP contribution is -2.39. The smallest absolute Gasteiger partial charge is 0.305 e. The van der Waals surface area contributed by atoms with Gasteiger partial charge in [0.15, 0.2) is 0 Å². The third-order valence-corrected chi connectivity index (χ3v) is 4.08. The molecule has 1 fully saturated rings. The molecule has 1 aliphatic rings. The van der Waals surface area contributed by atoms with E-state index in [4.69, 9.17) is 21.4 Å². The van der Waals surface area contributed by atoms with Crippen LogP contribution in [-0.2, 0) is 14.3 Å². The Hall–Kier alpha value is -1.59. The Balaban J connectivity index is 2.07. The molecule has 1 saturated heterocycles. The first kappa shape index (κ1) is 16.8. The van der Waals surface area contributed by atoms with E-state index in [9.17, 15) is 9.59 Å². The second-order valence-corrected chi connectivity index (χ2v) is 6.05. The maximum Gasteiger partial charge on any atom is 0.305 e. The largest absolute Gasteiger partial charge is 0.481 e. The molecule has 1 amide bonds. The molecule has 1 aliphatic heterocycles. The van der Waals surface area contributed by atoms with E-state index < -0.39 is 12.0 Å². The SMILES string of the molecule is CC1CC(C(=O)N[C@@H](CC(=O)O)c2ccc(Cl)cc2)CCO1. The fourth-order valence-electron chi connectivity index (χ4n) is 2.65. The summed E-state index contributed by atoms with van der Waals surface area (Å²) in [5.74, 6) is -1.20. The second-order valence-electron chi connectivity index (χ2n) is 5.61. The number of carbonyl (C=O) groups is 2. The highest BCUT2D eigenvalue weighted by atomic mass is 35.5. The molecule has 22 heavy (non-hydrogen) atoms. The summed E-state index contributed by atoms with van der Waals surface area (Å²) in [5, 5.41) is 12.5. The van der Waals surface area contributed by atoms with E-state index in [0.29, 0.717) is 24.5 Å². The van der Waals surface area contributed by atoms with Gasteiger partial charge in [-0.2, -0.15) is 0 Å². The van der Waals surface area contributed by atoms with Crippen molar-refractivity contribution in [1.82, 2.24) is 5.32 Å². The normalized spacial score (nSPS) is 22.8. The van der Waals surface area contributed by atoms with Gasteiger partial charge in [0.25, 0.3) is 0 Å². The molecular weight excluding hydrogens is 306 g/mol. The van der Waals surface area contributed by atoms with Gasteiger partial charge in [0, 0.05) is 17.5 Å². The van der Waals surface area contributed by atoms with E-state index in [1.165, 1.54) is 0 Å². The van der Waals surface area contributed by atoms with Gasteiger partial charge in [-0.05, 0) is 37.5 Å². The van der Waals surface area contributed by atoms with E-state index in [2.05, 4.69) is 5.32 Å². The molecule has 2 N–H and O–H groups in total. The van der Waals surface area contributed by atoms with Crippen LogP contribution in [0.15, 0.2) is 24.3 Å². The molecule has 3 atom stereocenters. The first-order valence-electron chi connectivity index (χ1n) is 7.35. The van der Waals surface area contributed by atoms with Crippen molar-refractivity contribution >= 4 is 23.5 Å². The molecule has 6 heteroatoms. The van der Waals surface area contributed by atoms with Crippen LogP contribution in [0.4, 0.5) is 0 Å². The van der Waals surface area contributed by atoms with Crippen molar-refractivity contribution in [3.8, 4) is 0 Å². The van der Waals surface area contributed by atoms with Crippen molar-refractivity contribution in [2.45, 2.75) is 38.3 Å². The van der Waals surface area contributed by atoms with Gasteiger partial charge in [-0.25, -0.2) is 0 Å². The van der Waals surface area contributed by atoms with Gasteiger partial charge in [-0.1, -0.05) is 23.7 Å². The van der Waals surface area contributed by atoms with Crippen LogP contribution in [-0.4, -0.2) is 29.7 Å². The molecule has 2 unspecified atom stereocenters. The third kappa shape index (κ3) is 4.71. The molecule has 0 aromatic heterocycles. The number of rotatable bonds is 5. The average Bonchev–Trinajstić information content (AvgIpc) is 2.47.